The van der Waals surface area contributed by atoms with Crippen molar-refractivity contribution in [2.45, 2.75) is 0 Å². The first-order chi connectivity index (χ1) is 8.58. The molecule has 0 aliphatic rings. The summed E-state index contributed by atoms with van der Waals surface area (Å²) < 4.78 is 0.689. The predicted molar refractivity (Wildman–Crippen MR) is 78.6 cm³/mol. The summed E-state index contributed by atoms with van der Waals surface area (Å²) in [5, 5.41) is 16.3. The van der Waals surface area contributed by atoms with Crippen LogP contribution in [0.15, 0.2) is 27.1 Å². The highest BCUT2D eigenvalue weighted by Crippen LogP contribution is 2.31. The number of nitrogens with zero attached hydrogens (tertiary/aromatic N) is 2. The van der Waals surface area contributed by atoms with Crippen molar-refractivity contribution in [2.75, 3.05) is 11.2 Å². The van der Waals surface area contributed by atoms with Crippen LogP contribution in [-0.2, 0) is 0 Å². The molecule has 0 saturated heterocycles. The lowest BCUT2D eigenvalue weighted by atomic mass is 10.2. The molecule has 0 fully saturated rings. The minimum atomic E-state index is -0.0322. The topological polar surface area (TPSA) is 83.5 Å². The lowest BCUT2D eigenvalue weighted by Crippen LogP contribution is -1.92. The van der Waals surface area contributed by atoms with Crippen LogP contribution in [0.5, 0.6) is 5.75 Å². The molecule has 4 N–H and O–H groups in total. The van der Waals surface area contributed by atoms with Gasteiger partial charge in [-0.3, -0.25) is 5.43 Å². The van der Waals surface area contributed by atoms with Gasteiger partial charge in [0.05, 0.1) is 16.8 Å². The second-order valence-electron chi connectivity index (χ2n) is 3.24. The van der Waals surface area contributed by atoms with Crippen LogP contribution in [0, 0.1) is 0 Å². The first kappa shape index (κ1) is 13.1. The molecule has 0 radical (unpaired) electrons. The Morgan fingerprint density at radius 1 is 1.56 bits per heavy atom. The Balaban J connectivity index is 2.16. The number of thiazole rings is 1. The van der Waals surface area contributed by atoms with E-state index in [1.807, 2.05) is 0 Å². The number of benzene rings is 1. The second-order valence-corrected chi connectivity index (χ2v) is 5.36. The van der Waals surface area contributed by atoms with Gasteiger partial charge in [0, 0.05) is 9.85 Å². The van der Waals surface area contributed by atoms with Gasteiger partial charge in [-0.1, -0.05) is 11.6 Å². The average molecular weight is 348 g/mol. The molecule has 1 heterocycles. The molecule has 0 unspecified atom stereocenters. The van der Waals surface area contributed by atoms with Crippen LogP contribution in [0.4, 0.5) is 10.9 Å². The quantitative estimate of drug-likeness (QED) is 0.587. The predicted octanol–water partition coefficient (Wildman–Crippen LogP) is 3.29. The highest BCUT2D eigenvalue weighted by Gasteiger charge is 2.07. The highest BCUT2D eigenvalue weighted by atomic mass is 79.9. The third kappa shape index (κ3) is 2.92. The third-order valence-corrected chi connectivity index (χ3v) is 3.75. The van der Waals surface area contributed by atoms with Gasteiger partial charge in [-0.15, -0.1) is 11.3 Å². The maximum absolute atomic E-state index is 9.77. The molecule has 94 valence electrons. The fourth-order valence-corrected chi connectivity index (χ4v) is 2.30. The number of phenols is 1. The van der Waals surface area contributed by atoms with Crippen LogP contribution in [0.1, 0.15) is 5.56 Å². The molecular formula is C10H8BrClN4OS. The number of hydrazone groups is 1. The van der Waals surface area contributed by atoms with E-state index in [1.165, 1.54) is 17.6 Å². The Bertz CT molecular complexity index is 602. The summed E-state index contributed by atoms with van der Waals surface area (Å²) in [5.74, 6) is 0.403. The van der Waals surface area contributed by atoms with E-state index < -0.39 is 0 Å². The van der Waals surface area contributed by atoms with Crippen molar-refractivity contribution in [3.63, 3.8) is 0 Å². The number of nitrogens with two attached hydrogens (primary N) is 1. The van der Waals surface area contributed by atoms with Crippen molar-refractivity contribution in [3.05, 3.63) is 32.6 Å². The molecule has 8 heteroatoms. The van der Waals surface area contributed by atoms with Gasteiger partial charge >= 0.3 is 0 Å². The number of phenolic OH excluding ortho intramolecular Hbond substituents is 1. The van der Waals surface area contributed by atoms with E-state index in [2.05, 4.69) is 31.4 Å². The summed E-state index contributed by atoms with van der Waals surface area (Å²) >= 11 is 10.4. The number of nitrogens with one attached hydrogen (secondary N) is 1. The summed E-state index contributed by atoms with van der Waals surface area (Å²) in [5.41, 5.74) is 8.67. The van der Waals surface area contributed by atoms with Crippen LogP contribution in [0.3, 0.4) is 0 Å². The van der Waals surface area contributed by atoms with Crippen LogP contribution in [0.2, 0.25) is 5.02 Å². The first-order valence-corrected chi connectivity index (χ1v) is 6.80. The van der Waals surface area contributed by atoms with E-state index >= 15 is 0 Å². The molecule has 0 atom stereocenters. The molecule has 2 aromatic rings. The van der Waals surface area contributed by atoms with Gasteiger partial charge in [-0.2, -0.15) is 5.10 Å². The minimum Gasteiger partial charge on any atom is -0.506 e. The first-order valence-electron chi connectivity index (χ1n) is 4.75. The monoisotopic (exact) mass is 346 g/mol. The molecule has 0 spiro atoms. The zero-order valence-electron chi connectivity index (χ0n) is 8.89. The second kappa shape index (κ2) is 5.55. The van der Waals surface area contributed by atoms with Gasteiger partial charge in [0.1, 0.15) is 11.6 Å². The number of hydrogen-bond donors (Lipinski definition) is 3. The van der Waals surface area contributed by atoms with Gasteiger partial charge in [-0.05, 0) is 28.1 Å². The molecule has 1 aromatic carbocycles. The SMILES string of the molecule is Nc1csc(NN=Cc2c(Br)ccc(Cl)c2O)n1. The van der Waals surface area contributed by atoms with Crippen LogP contribution in [0.25, 0.3) is 0 Å². The van der Waals surface area contributed by atoms with E-state index in [4.69, 9.17) is 17.3 Å². The minimum absolute atomic E-state index is 0.0322. The number of aromatic nitrogens is 1. The molecule has 0 bridgehead atoms. The van der Waals surface area contributed by atoms with E-state index in [-0.39, 0.29) is 10.8 Å². The molecular weight excluding hydrogens is 340 g/mol. The highest BCUT2D eigenvalue weighted by molar-refractivity contribution is 9.10. The Labute approximate surface area is 120 Å². The molecule has 1 aromatic heterocycles. The van der Waals surface area contributed by atoms with Crippen molar-refractivity contribution in [2.24, 2.45) is 5.10 Å². The normalized spacial score (nSPS) is 11.0. The number of halogens is 2. The zero-order valence-corrected chi connectivity index (χ0v) is 12.1. The molecule has 0 amide bonds. The van der Waals surface area contributed by atoms with E-state index in [1.54, 1.807) is 17.5 Å². The van der Waals surface area contributed by atoms with E-state index in [0.29, 0.717) is 21.0 Å². The van der Waals surface area contributed by atoms with E-state index in [0.717, 1.165) is 0 Å². The van der Waals surface area contributed by atoms with Gasteiger partial charge in [0.25, 0.3) is 0 Å². The number of hydrogen-bond acceptors (Lipinski definition) is 6. The van der Waals surface area contributed by atoms with Crippen molar-refractivity contribution in [1.82, 2.24) is 4.98 Å². The fourth-order valence-electron chi connectivity index (χ4n) is 1.17. The maximum atomic E-state index is 9.77. The van der Waals surface area contributed by atoms with Crippen molar-refractivity contribution in [1.29, 1.82) is 0 Å². The van der Waals surface area contributed by atoms with Gasteiger partial charge in [0.15, 0.2) is 0 Å². The maximum Gasteiger partial charge on any atom is 0.205 e. The Morgan fingerprint density at radius 3 is 3.00 bits per heavy atom. The lowest BCUT2D eigenvalue weighted by Gasteiger charge is -2.03. The van der Waals surface area contributed by atoms with Gasteiger partial charge < -0.3 is 10.8 Å². The fraction of sp³-hybridized carbons (Fsp3) is 0. The van der Waals surface area contributed by atoms with Crippen molar-refractivity contribution in [3.8, 4) is 5.75 Å². The summed E-state index contributed by atoms with van der Waals surface area (Å²) in [6.07, 6.45) is 1.45. The summed E-state index contributed by atoms with van der Waals surface area (Å²) in [6, 6.07) is 3.32. The smallest absolute Gasteiger partial charge is 0.205 e. The average Bonchev–Trinajstić information content (AvgIpc) is 2.74. The van der Waals surface area contributed by atoms with Gasteiger partial charge in [0.2, 0.25) is 5.13 Å². The number of aromatic hydroxyl groups is 1. The molecule has 2 rings (SSSR count). The van der Waals surface area contributed by atoms with Crippen LogP contribution in [-0.4, -0.2) is 16.3 Å². The number of rotatable bonds is 3. The van der Waals surface area contributed by atoms with Crippen molar-refractivity contribution < 1.29 is 5.11 Å². The summed E-state index contributed by atoms with van der Waals surface area (Å²) in [7, 11) is 0. The summed E-state index contributed by atoms with van der Waals surface area (Å²) in [4.78, 5) is 3.98. The summed E-state index contributed by atoms with van der Waals surface area (Å²) in [6.45, 7) is 0. The third-order valence-electron chi connectivity index (χ3n) is 1.99. The Morgan fingerprint density at radius 2 is 2.33 bits per heavy atom. The van der Waals surface area contributed by atoms with Crippen LogP contribution >= 0.6 is 38.9 Å². The Kier molecular flexibility index (Phi) is 4.05. The van der Waals surface area contributed by atoms with Crippen molar-refractivity contribution >= 4 is 56.0 Å². The Hall–Kier alpha value is -1.31. The molecule has 18 heavy (non-hydrogen) atoms. The standard InChI is InChI=1S/C10H8BrClN4OS/c11-6-1-2-7(12)9(17)5(6)3-14-16-10-15-8(13)4-18-10/h1-4,17H,13H2,(H,15,16). The van der Waals surface area contributed by atoms with E-state index in [9.17, 15) is 5.11 Å². The molecule has 0 aliphatic carbocycles. The largest absolute Gasteiger partial charge is 0.506 e. The molecule has 5 nitrogen and oxygen atoms in total. The van der Waals surface area contributed by atoms with Gasteiger partial charge in [-0.25, -0.2) is 4.98 Å². The van der Waals surface area contributed by atoms with Crippen LogP contribution < -0.4 is 11.2 Å². The lowest BCUT2D eigenvalue weighted by molar-refractivity contribution is 0.474. The molecule has 0 saturated carbocycles. The molecule has 0 aliphatic heterocycles. The number of nitrogen functional groups attached to an aromatic ring is 1. The number of anilines is 2. The zero-order chi connectivity index (χ0) is 13.1.